The number of halogens is 1. The third-order valence-electron chi connectivity index (χ3n) is 3.86. The molecule has 5 heteroatoms. The van der Waals surface area contributed by atoms with Crippen molar-refractivity contribution >= 4 is 15.9 Å². The molecule has 0 amide bonds. The van der Waals surface area contributed by atoms with E-state index in [1.807, 2.05) is 13.1 Å². The lowest BCUT2D eigenvalue weighted by Gasteiger charge is -2.25. The predicted molar refractivity (Wildman–Crippen MR) is 82.6 cm³/mol. The van der Waals surface area contributed by atoms with Crippen molar-refractivity contribution in [1.82, 2.24) is 5.32 Å². The number of benzene rings is 1. The summed E-state index contributed by atoms with van der Waals surface area (Å²) in [6.07, 6.45) is 1.38. The van der Waals surface area contributed by atoms with Crippen LogP contribution in [0.2, 0.25) is 0 Å². The van der Waals surface area contributed by atoms with Gasteiger partial charge in [0.05, 0.1) is 26.9 Å². The summed E-state index contributed by atoms with van der Waals surface area (Å²) in [5, 5.41) is 3.40. The van der Waals surface area contributed by atoms with Crippen molar-refractivity contribution in [3.8, 4) is 11.5 Å². The first-order valence-electron chi connectivity index (χ1n) is 6.81. The van der Waals surface area contributed by atoms with E-state index in [2.05, 4.69) is 34.2 Å². The molecular formula is C15H22BrNO3. The Morgan fingerprint density at radius 2 is 2.10 bits per heavy atom. The highest BCUT2D eigenvalue weighted by Gasteiger charge is 2.32. The standard InChI is InChI=1S/C15H22BrNO3/c1-9-7-10(8-20-9)14(17-2)11-5-6-12(18-3)13(16)15(11)19-4/h5-6,9-10,14,17H,7-8H2,1-4H3. The summed E-state index contributed by atoms with van der Waals surface area (Å²) in [6.45, 7) is 2.90. The van der Waals surface area contributed by atoms with Gasteiger partial charge < -0.3 is 19.5 Å². The molecule has 1 saturated heterocycles. The zero-order valence-corrected chi connectivity index (χ0v) is 14.0. The number of methoxy groups -OCH3 is 2. The molecule has 20 heavy (non-hydrogen) atoms. The highest BCUT2D eigenvalue weighted by Crippen LogP contribution is 2.43. The molecule has 1 heterocycles. The van der Waals surface area contributed by atoms with Gasteiger partial charge in [0.15, 0.2) is 0 Å². The number of hydrogen-bond acceptors (Lipinski definition) is 4. The van der Waals surface area contributed by atoms with Gasteiger partial charge in [0.1, 0.15) is 16.0 Å². The molecule has 112 valence electrons. The summed E-state index contributed by atoms with van der Waals surface area (Å²) < 4.78 is 17.5. The summed E-state index contributed by atoms with van der Waals surface area (Å²) in [4.78, 5) is 0. The number of rotatable bonds is 5. The smallest absolute Gasteiger partial charge is 0.141 e. The molecule has 0 aromatic heterocycles. The van der Waals surface area contributed by atoms with Crippen LogP contribution in [0.4, 0.5) is 0 Å². The second kappa shape index (κ2) is 6.78. The lowest BCUT2D eigenvalue weighted by molar-refractivity contribution is 0.117. The molecule has 4 nitrogen and oxygen atoms in total. The van der Waals surface area contributed by atoms with Gasteiger partial charge in [-0.2, -0.15) is 0 Å². The molecule has 0 bridgehead atoms. The molecule has 1 aliphatic rings. The number of hydrogen-bond donors (Lipinski definition) is 1. The molecule has 3 atom stereocenters. The second-order valence-electron chi connectivity index (χ2n) is 5.11. The lowest BCUT2D eigenvalue weighted by Crippen LogP contribution is -2.26. The summed E-state index contributed by atoms with van der Waals surface area (Å²) in [7, 11) is 5.32. The maximum atomic E-state index is 5.70. The van der Waals surface area contributed by atoms with Crippen LogP contribution in [-0.2, 0) is 4.74 Å². The van der Waals surface area contributed by atoms with Crippen molar-refractivity contribution < 1.29 is 14.2 Å². The summed E-state index contributed by atoms with van der Waals surface area (Å²) in [5.41, 5.74) is 1.13. The van der Waals surface area contributed by atoms with Crippen LogP contribution in [0, 0.1) is 5.92 Å². The van der Waals surface area contributed by atoms with Gasteiger partial charge in [-0.15, -0.1) is 0 Å². The van der Waals surface area contributed by atoms with E-state index >= 15 is 0 Å². The summed E-state index contributed by atoms with van der Waals surface area (Å²) in [5.74, 6) is 2.05. The molecule has 1 aromatic carbocycles. The van der Waals surface area contributed by atoms with Gasteiger partial charge in [0.2, 0.25) is 0 Å². The van der Waals surface area contributed by atoms with Gasteiger partial charge in [-0.25, -0.2) is 0 Å². The van der Waals surface area contributed by atoms with Crippen LogP contribution in [-0.4, -0.2) is 34.0 Å². The van der Waals surface area contributed by atoms with Crippen LogP contribution in [0.5, 0.6) is 11.5 Å². The third kappa shape index (κ3) is 2.95. The van der Waals surface area contributed by atoms with Gasteiger partial charge in [-0.3, -0.25) is 0 Å². The van der Waals surface area contributed by atoms with Gasteiger partial charge in [-0.05, 0) is 48.5 Å². The van der Waals surface area contributed by atoms with Gasteiger partial charge in [0, 0.05) is 17.5 Å². The monoisotopic (exact) mass is 343 g/mol. The van der Waals surface area contributed by atoms with E-state index < -0.39 is 0 Å². The fourth-order valence-corrected chi connectivity index (χ4v) is 3.58. The van der Waals surface area contributed by atoms with E-state index in [4.69, 9.17) is 14.2 Å². The van der Waals surface area contributed by atoms with Crippen molar-refractivity contribution in [3.63, 3.8) is 0 Å². The Kier molecular flexibility index (Phi) is 5.29. The molecule has 1 fully saturated rings. The highest BCUT2D eigenvalue weighted by atomic mass is 79.9. The van der Waals surface area contributed by atoms with E-state index in [1.165, 1.54) is 0 Å². The third-order valence-corrected chi connectivity index (χ3v) is 4.61. The Hall–Kier alpha value is -0.780. The van der Waals surface area contributed by atoms with Crippen molar-refractivity contribution in [2.75, 3.05) is 27.9 Å². The van der Waals surface area contributed by atoms with Crippen LogP contribution in [0.15, 0.2) is 16.6 Å². The molecule has 0 spiro atoms. The van der Waals surface area contributed by atoms with Crippen molar-refractivity contribution in [2.45, 2.75) is 25.5 Å². The quantitative estimate of drug-likeness (QED) is 0.891. The Bertz CT molecular complexity index is 467. The Morgan fingerprint density at radius 1 is 1.35 bits per heavy atom. The molecule has 2 rings (SSSR count). The first-order chi connectivity index (χ1) is 9.62. The maximum absolute atomic E-state index is 5.70. The summed E-state index contributed by atoms with van der Waals surface area (Å²) in [6, 6.07) is 4.23. The van der Waals surface area contributed by atoms with E-state index in [9.17, 15) is 0 Å². The Morgan fingerprint density at radius 3 is 2.60 bits per heavy atom. The molecule has 0 aliphatic carbocycles. The average Bonchev–Trinajstić information content (AvgIpc) is 2.86. The first kappa shape index (κ1) is 15.6. The molecule has 1 aliphatic heterocycles. The fraction of sp³-hybridized carbons (Fsp3) is 0.600. The highest BCUT2D eigenvalue weighted by molar-refractivity contribution is 9.10. The largest absolute Gasteiger partial charge is 0.495 e. The van der Waals surface area contributed by atoms with E-state index in [-0.39, 0.29) is 6.04 Å². The summed E-state index contributed by atoms with van der Waals surface area (Å²) >= 11 is 3.56. The van der Waals surface area contributed by atoms with E-state index in [0.717, 1.165) is 34.6 Å². The molecule has 1 N–H and O–H groups in total. The minimum atomic E-state index is 0.206. The minimum absolute atomic E-state index is 0.206. The predicted octanol–water partition coefficient (Wildman–Crippen LogP) is 3.15. The molecular weight excluding hydrogens is 322 g/mol. The molecule has 0 saturated carbocycles. The van der Waals surface area contributed by atoms with Crippen LogP contribution in [0.3, 0.4) is 0 Å². The van der Waals surface area contributed by atoms with Crippen molar-refractivity contribution in [1.29, 1.82) is 0 Å². The molecule has 1 aromatic rings. The van der Waals surface area contributed by atoms with Crippen LogP contribution >= 0.6 is 15.9 Å². The normalized spacial score (nSPS) is 23.6. The van der Waals surface area contributed by atoms with E-state index in [1.54, 1.807) is 14.2 Å². The van der Waals surface area contributed by atoms with Crippen LogP contribution < -0.4 is 14.8 Å². The molecule has 3 unspecified atom stereocenters. The van der Waals surface area contributed by atoms with E-state index in [0.29, 0.717) is 12.0 Å². The number of nitrogens with one attached hydrogen (secondary N) is 1. The van der Waals surface area contributed by atoms with Crippen molar-refractivity contribution in [3.05, 3.63) is 22.2 Å². The van der Waals surface area contributed by atoms with Crippen LogP contribution in [0.25, 0.3) is 0 Å². The fourth-order valence-electron chi connectivity index (χ4n) is 2.89. The lowest BCUT2D eigenvalue weighted by atomic mass is 9.90. The second-order valence-corrected chi connectivity index (χ2v) is 5.90. The van der Waals surface area contributed by atoms with Gasteiger partial charge >= 0.3 is 0 Å². The number of ether oxygens (including phenoxy) is 3. The first-order valence-corrected chi connectivity index (χ1v) is 7.60. The molecule has 0 radical (unpaired) electrons. The van der Waals surface area contributed by atoms with Gasteiger partial charge in [-0.1, -0.05) is 0 Å². The van der Waals surface area contributed by atoms with Crippen LogP contribution in [0.1, 0.15) is 24.9 Å². The zero-order valence-electron chi connectivity index (χ0n) is 12.4. The zero-order chi connectivity index (χ0) is 14.7. The minimum Gasteiger partial charge on any atom is -0.495 e. The Balaban J connectivity index is 2.36. The topological polar surface area (TPSA) is 39.7 Å². The van der Waals surface area contributed by atoms with Gasteiger partial charge in [0.25, 0.3) is 0 Å². The maximum Gasteiger partial charge on any atom is 0.141 e. The average molecular weight is 344 g/mol. The van der Waals surface area contributed by atoms with Crippen molar-refractivity contribution in [2.24, 2.45) is 5.92 Å². The Labute approximate surface area is 128 Å². The SMILES string of the molecule is CNC(c1ccc(OC)c(Br)c1OC)C1COC(C)C1.